The molecule has 2 aromatic rings. The molecule has 1 fully saturated rings. The Balaban J connectivity index is 1.63. The number of aromatic nitrogens is 1. The summed E-state index contributed by atoms with van der Waals surface area (Å²) in [5.74, 6) is 0.805. The number of hydrogen-bond acceptors (Lipinski definition) is 4. The molecule has 2 heterocycles. The fourth-order valence-corrected chi connectivity index (χ4v) is 4.02. The molecule has 1 atom stereocenters. The third-order valence-electron chi connectivity index (χ3n) is 5.37. The second-order valence-electron chi connectivity index (χ2n) is 7.31. The number of benzene rings is 1. The third kappa shape index (κ3) is 4.41. The highest BCUT2D eigenvalue weighted by Gasteiger charge is 2.29. The molecule has 1 unspecified atom stereocenters. The molecule has 0 aliphatic carbocycles. The van der Waals surface area contributed by atoms with Crippen LogP contribution in [-0.4, -0.2) is 34.8 Å². The highest BCUT2D eigenvalue weighted by molar-refractivity contribution is 6.30. The van der Waals surface area contributed by atoms with E-state index < -0.39 is 0 Å². The van der Waals surface area contributed by atoms with Crippen molar-refractivity contribution < 1.29 is 14.1 Å². The highest BCUT2D eigenvalue weighted by Crippen LogP contribution is 2.25. The first-order valence-electron chi connectivity index (χ1n) is 9.36. The van der Waals surface area contributed by atoms with Crippen LogP contribution in [0.15, 0.2) is 22.7 Å². The minimum atomic E-state index is -0.151. The SMILES string of the molecule is Cc1cc(Cl)ccc1C(=O)C1CCCN(C(=O)CCc2c(C)noc2C)C1. The summed E-state index contributed by atoms with van der Waals surface area (Å²) >= 11 is 6.00. The molecule has 1 aromatic heterocycles. The van der Waals surface area contributed by atoms with Crippen LogP contribution in [0.5, 0.6) is 0 Å². The smallest absolute Gasteiger partial charge is 0.222 e. The number of carbonyl (C=O) groups excluding carboxylic acids is 2. The first-order chi connectivity index (χ1) is 12.9. The normalized spacial score (nSPS) is 17.2. The van der Waals surface area contributed by atoms with Crippen LogP contribution < -0.4 is 0 Å². The van der Waals surface area contributed by atoms with Gasteiger partial charge in [-0.05, 0) is 63.8 Å². The standard InChI is InChI=1S/C21H25ClN2O3/c1-13-11-17(22)6-7-18(13)21(26)16-5-4-10-24(12-16)20(25)9-8-19-14(2)23-27-15(19)3/h6-7,11,16H,4-5,8-10,12H2,1-3H3. The van der Waals surface area contributed by atoms with Crippen LogP contribution in [0.25, 0.3) is 0 Å². The van der Waals surface area contributed by atoms with E-state index in [-0.39, 0.29) is 17.6 Å². The van der Waals surface area contributed by atoms with Gasteiger partial charge in [-0.15, -0.1) is 0 Å². The van der Waals surface area contributed by atoms with Crippen LogP contribution in [0.4, 0.5) is 0 Å². The van der Waals surface area contributed by atoms with Gasteiger partial charge in [-0.1, -0.05) is 16.8 Å². The molecule has 6 heteroatoms. The van der Waals surface area contributed by atoms with Crippen molar-refractivity contribution in [2.45, 2.75) is 46.5 Å². The Morgan fingerprint density at radius 3 is 2.74 bits per heavy atom. The summed E-state index contributed by atoms with van der Waals surface area (Å²) in [7, 11) is 0. The van der Waals surface area contributed by atoms with Crippen LogP contribution >= 0.6 is 11.6 Å². The van der Waals surface area contributed by atoms with Gasteiger partial charge in [0.05, 0.1) is 5.69 Å². The van der Waals surface area contributed by atoms with Crippen LogP contribution in [0.3, 0.4) is 0 Å². The first-order valence-corrected chi connectivity index (χ1v) is 9.74. The number of carbonyl (C=O) groups is 2. The fraction of sp³-hybridized carbons (Fsp3) is 0.476. The number of amides is 1. The lowest BCUT2D eigenvalue weighted by Gasteiger charge is -2.32. The quantitative estimate of drug-likeness (QED) is 0.716. The third-order valence-corrected chi connectivity index (χ3v) is 5.60. The lowest BCUT2D eigenvalue weighted by Crippen LogP contribution is -2.42. The minimum absolute atomic E-state index is 0.0836. The Kier molecular flexibility index (Phi) is 6.00. The second-order valence-corrected chi connectivity index (χ2v) is 7.74. The average Bonchev–Trinajstić information content (AvgIpc) is 2.97. The number of ketones is 1. The van der Waals surface area contributed by atoms with Gasteiger partial charge in [0.1, 0.15) is 5.76 Å². The van der Waals surface area contributed by atoms with Crippen LogP contribution in [0.1, 0.15) is 52.2 Å². The topological polar surface area (TPSA) is 63.4 Å². The van der Waals surface area contributed by atoms with E-state index in [1.807, 2.05) is 31.7 Å². The molecule has 3 rings (SSSR count). The van der Waals surface area contributed by atoms with Crippen molar-refractivity contribution in [1.82, 2.24) is 10.1 Å². The summed E-state index contributed by atoms with van der Waals surface area (Å²) in [4.78, 5) is 27.4. The molecule has 27 heavy (non-hydrogen) atoms. The Bertz CT molecular complexity index is 840. The van der Waals surface area contributed by atoms with E-state index in [1.165, 1.54) is 0 Å². The van der Waals surface area contributed by atoms with Gasteiger partial charge in [-0.2, -0.15) is 0 Å². The number of piperidine rings is 1. The first kappa shape index (κ1) is 19.6. The van der Waals surface area contributed by atoms with E-state index in [4.69, 9.17) is 16.1 Å². The number of aryl methyl sites for hydroxylation is 3. The van der Waals surface area contributed by atoms with E-state index in [1.54, 1.807) is 12.1 Å². The van der Waals surface area contributed by atoms with Gasteiger partial charge < -0.3 is 9.42 Å². The van der Waals surface area contributed by atoms with Crippen molar-refractivity contribution in [3.8, 4) is 0 Å². The van der Waals surface area contributed by atoms with Crippen molar-refractivity contribution in [2.75, 3.05) is 13.1 Å². The van der Waals surface area contributed by atoms with Gasteiger partial charge in [0.2, 0.25) is 5.91 Å². The average molecular weight is 389 g/mol. The fourth-order valence-electron chi connectivity index (χ4n) is 3.79. The Morgan fingerprint density at radius 1 is 1.30 bits per heavy atom. The molecule has 1 aliphatic heterocycles. The van der Waals surface area contributed by atoms with E-state index in [0.717, 1.165) is 35.4 Å². The maximum atomic E-state index is 12.9. The molecule has 5 nitrogen and oxygen atoms in total. The van der Waals surface area contributed by atoms with Crippen LogP contribution in [0, 0.1) is 26.7 Å². The van der Waals surface area contributed by atoms with Gasteiger partial charge >= 0.3 is 0 Å². The number of hydrogen-bond donors (Lipinski definition) is 0. The molecule has 1 amide bonds. The largest absolute Gasteiger partial charge is 0.361 e. The Labute approximate surface area is 164 Å². The van der Waals surface area contributed by atoms with E-state index in [0.29, 0.717) is 36.5 Å². The van der Waals surface area contributed by atoms with Gasteiger partial charge in [-0.25, -0.2) is 0 Å². The summed E-state index contributed by atoms with van der Waals surface area (Å²) in [6, 6.07) is 5.35. The number of likely N-dealkylation sites (tertiary alicyclic amines) is 1. The van der Waals surface area contributed by atoms with E-state index in [2.05, 4.69) is 5.16 Å². The molecule has 0 spiro atoms. The predicted molar refractivity (Wildman–Crippen MR) is 104 cm³/mol. The maximum Gasteiger partial charge on any atom is 0.222 e. The summed E-state index contributed by atoms with van der Waals surface area (Å²) in [5.41, 5.74) is 3.43. The van der Waals surface area contributed by atoms with Gasteiger partial charge in [0, 0.05) is 41.6 Å². The summed E-state index contributed by atoms with van der Waals surface area (Å²) in [6.07, 6.45) is 2.68. The Hall–Kier alpha value is -2.14. The van der Waals surface area contributed by atoms with Gasteiger partial charge in [-0.3, -0.25) is 9.59 Å². The molecule has 0 bridgehead atoms. The maximum absolute atomic E-state index is 12.9. The molecular formula is C21H25ClN2O3. The number of rotatable bonds is 5. The minimum Gasteiger partial charge on any atom is -0.361 e. The van der Waals surface area contributed by atoms with E-state index in [9.17, 15) is 9.59 Å². The van der Waals surface area contributed by atoms with Gasteiger partial charge in [0.15, 0.2) is 5.78 Å². The van der Waals surface area contributed by atoms with Crippen molar-refractivity contribution in [3.05, 3.63) is 51.4 Å². The van der Waals surface area contributed by atoms with Crippen molar-refractivity contribution in [2.24, 2.45) is 5.92 Å². The Morgan fingerprint density at radius 2 is 2.07 bits per heavy atom. The zero-order valence-electron chi connectivity index (χ0n) is 16.0. The zero-order chi connectivity index (χ0) is 19.6. The van der Waals surface area contributed by atoms with Crippen molar-refractivity contribution in [3.63, 3.8) is 0 Å². The van der Waals surface area contributed by atoms with Crippen molar-refractivity contribution in [1.29, 1.82) is 0 Å². The second kappa shape index (κ2) is 8.26. The molecule has 144 valence electrons. The molecular weight excluding hydrogens is 364 g/mol. The lowest BCUT2D eigenvalue weighted by molar-refractivity contribution is -0.132. The monoisotopic (exact) mass is 388 g/mol. The number of halogens is 1. The molecule has 0 saturated carbocycles. The van der Waals surface area contributed by atoms with Crippen LogP contribution in [-0.2, 0) is 11.2 Å². The molecule has 0 radical (unpaired) electrons. The van der Waals surface area contributed by atoms with Crippen LogP contribution in [0.2, 0.25) is 5.02 Å². The zero-order valence-corrected chi connectivity index (χ0v) is 16.8. The molecule has 1 aliphatic rings. The molecule has 1 aromatic carbocycles. The molecule has 1 saturated heterocycles. The van der Waals surface area contributed by atoms with E-state index >= 15 is 0 Å². The predicted octanol–water partition coefficient (Wildman–Crippen LogP) is 4.31. The summed E-state index contributed by atoms with van der Waals surface area (Å²) in [6.45, 7) is 6.85. The van der Waals surface area contributed by atoms with Crippen molar-refractivity contribution >= 4 is 23.3 Å². The number of Topliss-reactive ketones (excluding diaryl/α,β-unsaturated/α-hetero) is 1. The highest BCUT2D eigenvalue weighted by atomic mass is 35.5. The summed E-state index contributed by atoms with van der Waals surface area (Å²) in [5, 5.41) is 4.56. The lowest BCUT2D eigenvalue weighted by atomic mass is 9.88. The number of nitrogens with zero attached hydrogens (tertiary/aromatic N) is 2. The summed E-state index contributed by atoms with van der Waals surface area (Å²) < 4.78 is 5.16. The van der Waals surface area contributed by atoms with Gasteiger partial charge in [0.25, 0.3) is 0 Å². The molecule has 0 N–H and O–H groups in total.